The van der Waals surface area contributed by atoms with Gasteiger partial charge in [0.1, 0.15) is 10.8 Å². The number of esters is 1. The summed E-state index contributed by atoms with van der Waals surface area (Å²) in [6, 6.07) is 7.05. The van der Waals surface area contributed by atoms with Crippen LogP contribution in [0.5, 0.6) is 5.75 Å². The summed E-state index contributed by atoms with van der Waals surface area (Å²) in [5, 5.41) is 3.07. The highest BCUT2D eigenvalue weighted by atomic mass is 32.1. The quantitative estimate of drug-likeness (QED) is 0.706. The molecule has 0 spiro atoms. The molecule has 1 aromatic heterocycles. The Balaban J connectivity index is 1.55. The molecule has 1 aliphatic rings. The molecule has 142 valence electrons. The number of nitrogens with two attached hydrogens (primary N) is 1. The van der Waals surface area contributed by atoms with Crippen LogP contribution in [0.25, 0.3) is 0 Å². The summed E-state index contributed by atoms with van der Waals surface area (Å²) in [6.07, 6.45) is 2.68. The van der Waals surface area contributed by atoms with Crippen LogP contribution in [0.15, 0.2) is 24.3 Å². The molecule has 3 rings (SSSR count). The van der Waals surface area contributed by atoms with Gasteiger partial charge in [-0.05, 0) is 42.5 Å². The maximum atomic E-state index is 12.1. The third-order valence-corrected chi connectivity index (χ3v) is 5.47. The number of primary amides is 1. The van der Waals surface area contributed by atoms with Gasteiger partial charge < -0.3 is 20.5 Å². The Labute approximate surface area is 160 Å². The molecule has 0 radical (unpaired) electrons. The Morgan fingerprint density at radius 1 is 1.26 bits per heavy atom. The highest BCUT2D eigenvalue weighted by molar-refractivity contribution is 7.17. The lowest BCUT2D eigenvalue weighted by atomic mass is 10.1. The molecule has 2 aromatic rings. The molecule has 0 aliphatic heterocycles. The third kappa shape index (κ3) is 4.46. The van der Waals surface area contributed by atoms with E-state index in [4.69, 9.17) is 15.2 Å². The van der Waals surface area contributed by atoms with Crippen LogP contribution in [-0.2, 0) is 33.6 Å². The number of fused-ring (bicyclic) bond motifs is 1. The van der Waals surface area contributed by atoms with E-state index in [-0.39, 0.29) is 6.42 Å². The molecule has 0 atom stereocenters. The number of ether oxygens (including phenoxy) is 2. The second kappa shape index (κ2) is 8.22. The number of aryl methyl sites for hydroxylation is 1. The van der Waals surface area contributed by atoms with Gasteiger partial charge >= 0.3 is 5.97 Å². The average molecular weight is 388 g/mol. The summed E-state index contributed by atoms with van der Waals surface area (Å²) < 4.78 is 10.1. The number of nitrogens with one attached hydrogen (secondary N) is 1. The van der Waals surface area contributed by atoms with Crippen molar-refractivity contribution in [2.45, 2.75) is 25.7 Å². The van der Waals surface area contributed by atoms with Gasteiger partial charge in [0.05, 0.1) is 19.1 Å². The van der Waals surface area contributed by atoms with E-state index in [1.54, 1.807) is 31.4 Å². The number of hydrogen-bond donors (Lipinski definition) is 2. The van der Waals surface area contributed by atoms with Crippen LogP contribution in [0.4, 0.5) is 5.00 Å². The summed E-state index contributed by atoms with van der Waals surface area (Å²) in [4.78, 5) is 36.9. The Hall–Kier alpha value is -2.87. The van der Waals surface area contributed by atoms with Crippen LogP contribution < -0.4 is 15.8 Å². The molecule has 0 bridgehead atoms. The Morgan fingerprint density at radius 3 is 2.81 bits per heavy atom. The number of rotatable bonds is 7. The number of methoxy groups -OCH3 is 1. The molecule has 0 unspecified atom stereocenters. The number of carbonyl (C=O) groups excluding carboxylic acids is 3. The summed E-state index contributed by atoms with van der Waals surface area (Å²) in [5.41, 5.74) is 7.49. The van der Waals surface area contributed by atoms with Gasteiger partial charge in [-0.1, -0.05) is 12.1 Å². The van der Waals surface area contributed by atoms with Crippen LogP contribution >= 0.6 is 11.3 Å². The first kappa shape index (κ1) is 18.9. The molecule has 1 aromatic carbocycles. The van der Waals surface area contributed by atoms with E-state index in [0.717, 1.165) is 35.3 Å². The monoisotopic (exact) mass is 388 g/mol. The van der Waals surface area contributed by atoms with E-state index in [1.165, 1.54) is 11.3 Å². The summed E-state index contributed by atoms with van der Waals surface area (Å²) >= 11 is 1.36. The van der Waals surface area contributed by atoms with Gasteiger partial charge in [-0.2, -0.15) is 0 Å². The number of amides is 2. The van der Waals surface area contributed by atoms with Crippen LogP contribution in [0, 0.1) is 0 Å². The zero-order valence-electron chi connectivity index (χ0n) is 14.9. The number of benzene rings is 1. The van der Waals surface area contributed by atoms with E-state index in [1.807, 2.05) is 0 Å². The second-order valence-electron chi connectivity index (χ2n) is 6.16. The van der Waals surface area contributed by atoms with Gasteiger partial charge in [0.2, 0.25) is 0 Å². The highest BCUT2D eigenvalue weighted by Crippen LogP contribution is 2.38. The Morgan fingerprint density at radius 2 is 2.07 bits per heavy atom. The summed E-state index contributed by atoms with van der Waals surface area (Å²) in [7, 11) is 1.54. The first-order valence-corrected chi connectivity index (χ1v) is 9.32. The number of anilines is 1. The average Bonchev–Trinajstić information content (AvgIpc) is 3.20. The smallest absolute Gasteiger partial charge is 0.310 e. The molecular weight excluding hydrogens is 368 g/mol. The summed E-state index contributed by atoms with van der Waals surface area (Å²) in [5.74, 6) is -0.943. The molecule has 7 nitrogen and oxygen atoms in total. The maximum absolute atomic E-state index is 12.1. The lowest BCUT2D eigenvalue weighted by Gasteiger charge is -2.08. The fourth-order valence-electron chi connectivity index (χ4n) is 3.06. The van der Waals surface area contributed by atoms with Crippen molar-refractivity contribution in [1.29, 1.82) is 0 Å². The van der Waals surface area contributed by atoms with Crippen molar-refractivity contribution in [3.63, 3.8) is 0 Å². The molecule has 3 N–H and O–H groups in total. The van der Waals surface area contributed by atoms with Crippen molar-refractivity contribution in [2.24, 2.45) is 5.73 Å². The van der Waals surface area contributed by atoms with Crippen molar-refractivity contribution < 1.29 is 23.9 Å². The van der Waals surface area contributed by atoms with E-state index in [0.29, 0.717) is 16.3 Å². The van der Waals surface area contributed by atoms with Gasteiger partial charge in [0, 0.05) is 4.88 Å². The van der Waals surface area contributed by atoms with E-state index < -0.39 is 24.4 Å². The van der Waals surface area contributed by atoms with Crippen LogP contribution in [0.3, 0.4) is 0 Å². The Kier molecular flexibility index (Phi) is 5.75. The zero-order valence-corrected chi connectivity index (χ0v) is 15.7. The fourth-order valence-corrected chi connectivity index (χ4v) is 4.37. The van der Waals surface area contributed by atoms with E-state index in [2.05, 4.69) is 5.32 Å². The fraction of sp³-hybridized carbons (Fsp3) is 0.316. The van der Waals surface area contributed by atoms with Crippen molar-refractivity contribution in [3.8, 4) is 5.75 Å². The minimum absolute atomic E-state index is 0.0321. The van der Waals surface area contributed by atoms with Crippen molar-refractivity contribution in [2.75, 3.05) is 19.0 Å². The molecule has 27 heavy (non-hydrogen) atoms. The standard InChI is InChI=1S/C19H20N2O5S/c1-25-12-5-2-4-11(8-12)9-16(23)26-10-15(22)21-19-17(18(20)24)13-6-3-7-14(13)27-19/h2,4-5,8H,3,6-7,9-10H2,1H3,(H2,20,24)(H,21,22). The highest BCUT2D eigenvalue weighted by Gasteiger charge is 2.26. The summed E-state index contributed by atoms with van der Waals surface area (Å²) in [6.45, 7) is -0.427. The molecule has 0 fully saturated rings. The number of hydrogen-bond acceptors (Lipinski definition) is 6. The van der Waals surface area contributed by atoms with Crippen LogP contribution in [0.1, 0.15) is 32.8 Å². The molecular formula is C19H20N2O5S. The van der Waals surface area contributed by atoms with Gasteiger partial charge in [-0.15, -0.1) is 11.3 Å². The molecule has 1 heterocycles. The van der Waals surface area contributed by atoms with E-state index in [9.17, 15) is 14.4 Å². The van der Waals surface area contributed by atoms with E-state index >= 15 is 0 Å². The molecule has 0 saturated carbocycles. The minimum atomic E-state index is -0.556. The molecule has 8 heteroatoms. The van der Waals surface area contributed by atoms with Gasteiger partial charge in [-0.25, -0.2) is 0 Å². The number of carbonyl (C=O) groups is 3. The lowest BCUT2D eigenvalue weighted by molar-refractivity contribution is -0.146. The van der Waals surface area contributed by atoms with Crippen molar-refractivity contribution in [1.82, 2.24) is 0 Å². The SMILES string of the molecule is COc1cccc(CC(=O)OCC(=O)Nc2sc3c(c2C(N)=O)CCC3)c1. The maximum Gasteiger partial charge on any atom is 0.310 e. The Bertz CT molecular complexity index is 890. The van der Waals surface area contributed by atoms with Crippen molar-refractivity contribution in [3.05, 3.63) is 45.8 Å². The molecule has 1 aliphatic carbocycles. The first-order chi connectivity index (χ1) is 13.0. The molecule has 2 amide bonds. The molecule has 0 saturated heterocycles. The predicted molar refractivity (Wildman–Crippen MR) is 101 cm³/mol. The first-order valence-electron chi connectivity index (χ1n) is 8.50. The normalized spacial score (nSPS) is 12.3. The number of thiophene rings is 1. The van der Waals surface area contributed by atoms with Crippen molar-refractivity contribution >= 4 is 34.1 Å². The van der Waals surface area contributed by atoms with Gasteiger partial charge in [-0.3, -0.25) is 14.4 Å². The third-order valence-electron chi connectivity index (χ3n) is 4.27. The van der Waals surface area contributed by atoms with Crippen LogP contribution in [0.2, 0.25) is 0 Å². The van der Waals surface area contributed by atoms with Gasteiger partial charge in [0.25, 0.3) is 11.8 Å². The van der Waals surface area contributed by atoms with Gasteiger partial charge in [0.15, 0.2) is 6.61 Å². The lowest BCUT2D eigenvalue weighted by Crippen LogP contribution is -2.23. The largest absolute Gasteiger partial charge is 0.497 e. The topological polar surface area (TPSA) is 108 Å². The zero-order chi connectivity index (χ0) is 19.4. The predicted octanol–water partition coefficient (Wildman–Crippen LogP) is 2.07. The van der Waals surface area contributed by atoms with Crippen LogP contribution in [-0.4, -0.2) is 31.5 Å². The minimum Gasteiger partial charge on any atom is -0.497 e. The second-order valence-corrected chi connectivity index (χ2v) is 7.27.